The fourth-order valence-electron chi connectivity index (χ4n) is 4.14. The molecule has 2 aliphatic heterocycles. The number of nitrogens with zero attached hydrogens (tertiary/aromatic N) is 2. The Balaban J connectivity index is 0.000000587. The summed E-state index contributed by atoms with van der Waals surface area (Å²) in [7, 11) is 0. The number of aliphatic hydroxyl groups is 1. The average Bonchev–Trinajstić information content (AvgIpc) is 3.33. The van der Waals surface area contributed by atoms with Crippen LogP contribution in [0.4, 0.5) is 45.2 Å². The predicted molar refractivity (Wildman–Crippen MR) is 131 cm³/mol. The highest BCUT2D eigenvalue weighted by molar-refractivity contribution is 6.33. The number of aliphatic carboxylic acids is 1. The summed E-state index contributed by atoms with van der Waals surface area (Å²) in [5.41, 5.74) is -3.96. The highest BCUT2D eigenvalue weighted by Crippen LogP contribution is 2.49. The number of hydrazone groups is 1. The quantitative estimate of drug-likeness (QED) is 0.341. The van der Waals surface area contributed by atoms with E-state index < -0.39 is 48.3 Å². The van der Waals surface area contributed by atoms with Crippen molar-refractivity contribution < 1.29 is 54.5 Å². The van der Waals surface area contributed by atoms with E-state index in [2.05, 4.69) is 10.4 Å². The van der Waals surface area contributed by atoms with E-state index in [1.807, 2.05) is 6.08 Å². The smallest absolute Gasteiger partial charge is 0.475 e. The highest BCUT2D eigenvalue weighted by Gasteiger charge is 2.74. The van der Waals surface area contributed by atoms with E-state index in [-0.39, 0.29) is 10.7 Å². The Bertz CT molecular complexity index is 1290. The van der Waals surface area contributed by atoms with Gasteiger partial charge in [-0.3, -0.25) is 5.01 Å². The minimum absolute atomic E-state index is 0.0940. The van der Waals surface area contributed by atoms with Gasteiger partial charge in [0.05, 0.1) is 22.5 Å². The molecule has 16 heteroatoms. The van der Waals surface area contributed by atoms with Gasteiger partial charge in [-0.25, -0.2) is 4.79 Å². The molecule has 0 saturated heterocycles. The van der Waals surface area contributed by atoms with Gasteiger partial charge in [0, 0.05) is 13.0 Å². The zero-order chi connectivity index (χ0) is 30.8. The lowest BCUT2D eigenvalue weighted by Crippen LogP contribution is -2.62. The summed E-state index contributed by atoms with van der Waals surface area (Å²) >= 11 is 6.19. The van der Waals surface area contributed by atoms with Crippen LogP contribution in [0.5, 0.6) is 0 Å². The molecule has 1 atom stereocenters. The van der Waals surface area contributed by atoms with Gasteiger partial charge in [0.2, 0.25) is 0 Å². The molecule has 2 aromatic carbocycles. The molecule has 0 aromatic heterocycles. The van der Waals surface area contributed by atoms with E-state index in [4.69, 9.17) is 21.5 Å². The van der Waals surface area contributed by atoms with Crippen LogP contribution < -0.4 is 10.3 Å². The lowest BCUT2D eigenvalue weighted by Gasteiger charge is -2.32. The van der Waals surface area contributed by atoms with E-state index in [1.165, 1.54) is 18.2 Å². The van der Waals surface area contributed by atoms with Crippen LogP contribution in [0.2, 0.25) is 5.02 Å². The summed E-state index contributed by atoms with van der Waals surface area (Å²) in [6.45, 7) is 1.52. The van der Waals surface area contributed by atoms with Crippen LogP contribution in [0.1, 0.15) is 30.0 Å². The van der Waals surface area contributed by atoms with E-state index >= 15 is 0 Å². The first-order valence-corrected chi connectivity index (χ1v) is 12.0. The number of para-hydroxylation sites is 1. The zero-order valence-corrected chi connectivity index (χ0v) is 21.3. The molecule has 2 heterocycles. The van der Waals surface area contributed by atoms with E-state index in [0.717, 1.165) is 29.1 Å². The largest absolute Gasteiger partial charge is 0.490 e. The molecule has 0 amide bonds. The van der Waals surface area contributed by atoms with Crippen molar-refractivity contribution in [2.24, 2.45) is 5.10 Å². The molecule has 1 unspecified atom stereocenters. The monoisotopic (exact) mass is 617 g/mol. The van der Waals surface area contributed by atoms with E-state index in [0.29, 0.717) is 12.1 Å². The SMILES string of the molecule is O=C(O)C(F)(F)F.OC(C1=NN(c2ccccc2Cl)C(c2ccc(C3=CCNCC3)cc2)C1)(C(F)(F)F)C(F)(F)F. The van der Waals surface area contributed by atoms with Crippen LogP contribution >= 0.6 is 11.6 Å². The van der Waals surface area contributed by atoms with E-state index in [9.17, 15) is 44.6 Å². The number of anilines is 1. The van der Waals surface area contributed by atoms with Gasteiger partial charge in [0.1, 0.15) is 0 Å². The fraction of sp³-hybridized carbons (Fsp3) is 0.360. The number of carboxylic acid groups (broad SMARTS) is 1. The maximum Gasteiger partial charge on any atom is 0.490 e. The Kier molecular flexibility index (Phi) is 9.35. The molecule has 0 spiro atoms. The average molecular weight is 618 g/mol. The van der Waals surface area contributed by atoms with Crippen LogP contribution in [-0.4, -0.2) is 59.1 Å². The van der Waals surface area contributed by atoms with Crippen LogP contribution in [0.3, 0.4) is 0 Å². The summed E-state index contributed by atoms with van der Waals surface area (Å²) in [6, 6.07) is 11.8. The standard InChI is InChI=1S/C23H20ClF6N3O.C2HF3O2/c24-17-3-1-2-4-18(17)33-19(13-20(32-33)21(34,22(25,26)27)23(28,29)30)16-7-5-14(6-8-16)15-9-11-31-12-10-15;3-2(4,5)1(6)7/h1-9,19,31,34H,10-13H2;(H,6,7). The van der Waals surface area contributed by atoms with Crippen molar-refractivity contribution in [3.05, 3.63) is 70.8 Å². The molecule has 4 rings (SSSR count). The lowest BCUT2D eigenvalue weighted by molar-refractivity contribution is -0.338. The molecule has 0 aliphatic carbocycles. The third-order valence-corrected chi connectivity index (χ3v) is 6.54. The Morgan fingerprint density at radius 2 is 1.51 bits per heavy atom. The maximum atomic E-state index is 13.5. The van der Waals surface area contributed by atoms with Gasteiger partial charge in [-0.2, -0.15) is 44.6 Å². The third kappa shape index (κ3) is 6.96. The first-order chi connectivity index (χ1) is 18.9. The van der Waals surface area contributed by atoms with Crippen molar-refractivity contribution in [1.29, 1.82) is 0 Å². The number of alkyl halides is 9. The van der Waals surface area contributed by atoms with Crippen molar-refractivity contribution in [2.45, 2.75) is 43.0 Å². The first-order valence-electron chi connectivity index (χ1n) is 11.7. The number of hydrogen-bond acceptors (Lipinski definition) is 5. The van der Waals surface area contributed by atoms with Crippen molar-refractivity contribution in [3.8, 4) is 0 Å². The molecular weight excluding hydrogens is 597 g/mol. The van der Waals surface area contributed by atoms with Crippen molar-refractivity contribution >= 4 is 34.5 Å². The topological polar surface area (TPSA) is 85.2 Å². The van der Waals surface area contributed by atoms with Crippen molar-refractivity contribution in [1.82, 2.24) is 5.32 Å². The van der Waals surface area contributed by atoms with Crippen LogP contribution in [0.25, 0.3) is 5.57 Å². The number of rotatable bonds is 4. The Morgan fingerprint density at radius 1 is 0.951 bits per heavy atom. The molecule has 3 N–H and O–H groups in total. The summed E-state index contributed by atoms with van der Waals surface area (Å²) in [6.07, 6.45) is -15.1. The zero-order valence-electron chi connectivity index (χ0n) is 20.6. The number of carboxylic acids is 1. The molecular formula is C25H21ClF9N3O3. The van der Waals surface area contributed by atoms with Gasteiger partial charge in [0.15, 0.2) is 0 Å². The minimum Gasteiger partial charge on any atom is -0.475 e. The van der Waals surface area contributed by atoms with Gasteiger partial charge in [-0.15, -0.1) is 0 Å². The van der Waals surface area contributed by atoms with Gasteiger partial charge in [-0.05, 0) is 41.8 Å². The third-order valence-electron chi connectivity index (χ3n) is 6.22. The number of halogens is 10. The van der Waals surface area contributed by atoms with Crippen LogP contribution in [0.15, 0.2) is 59.7 Å². The summed E-state index contributed by atoms with van der Waals surface area (Å²) < 4.78 is 113. The molecule has 2 aromatic rings. The van der Waals surface area contributed by atoms with Gasteiger partial charge >= 0.3 is 24.5 Å². The normalized spacial score (nSPS) is 18.3. The Morgan fingerprint density at radius 3 is 1.98 bits per heavy atom. The number of hydrogen-bond donors (Lipinski definition) is 3. The summed E-state index contributed by atoms with van der Waals surface area (Å²) in [4.78, 5) is 8.90. The van der Waals surface area contributed by atoms with Crippen molar-refractivity contribution in [3.63, 3.8) is 0 Å². The first kappa shape index (κ1) is 32.2. The lowest BCUT2D eigenvalue weighted by atomic mass is 9.89. The molecule has 0 saturated carbocycles. The summed E-state index contributed by atoms with van der Waals surface area (Å²) in [5.74, 6) is -2.76. The van der Waals surface area contributed by atoms with Gasteiger partial charge < -0.3 is 15.5 Å². The maximum absolute atomic E-state index is 13.5. The minimum atomic E-state index is -6.02. The second-order valence-corrected chi connectivity index (χ2v) is 9.28. The molecule has 0 fully saturated rings. The summed E-state index contributed by atoms with van der Waals surface area (Å²) in [5, 5.41) is 25.0. The predicted octanol–water partition coefficient (Wildman–Crippen LogP) is 6.51. The van der Waals surface area contributed by atoms with Gasteiger partial charge in [-0.1, -0.05) is 54.1 Å². The highest BCUT2D eigenvalue weighted by atomic mass is 35.5. The molecule has 6 nitrogen and oxygen atoms in total. The molecule has 41 heavy (non-hydrogen) atoms. The van der Waals surface area contributed by atoms with Crippen LogP contribution in [0, 0.1) is 0 Å². The second kappa shape index (κ2) is 11.9. The Hall–Kier alpha value is -3.30. The molecule has 0 bridgehead atoms. The number of benzene rings is 2. The second-order valence-electron chi connectivity index (χ2n) is 8.88. The molecule has 0 radical (unpaired) electrons. The van der Waals surface area contributed by atoms with Gasteiger partial charge in [0.25, 0.3) is 5.60 Å². The number of nitrogens with one attached hydrogen (secondary N) is 1. The van der Waals surface area contributed by atoms with Crippen LogP contribution in [-0.2, 0) is 4.79 Å². The Labute approximate surface area is 231 Å². The van der Waals surface area contributed by atoms with Crippen molar-refractivity contribution in [2.75, 3.05) is 18.1 Å². The molecule has 2 aliphatic rings. The molecule has 224 valence electrons. The van der Waals surface area contributed by atoms with E-state index in [1.54, 1.807) is 30.3 Å². The number of carbonyl (C=O) groups is 1. The fourth-order valence-corrected chi connectivity index (χ4v) is 4.36.